The summed E-state index contributed by atoms with van der Waals surface area (Å²) >= 11 is 0. The van der Waals surface area contributed by atoms with Gasteiger partial charge in [-0.2, -0.15) is 0 Å². The van der Waals surface area contributed by atoms with Crippen LogP contribution in [0.3, 0.4) is 0 Å². The highest BCUT2D eigenvalue weighted by Gasteiger charge is 2.29. The van der Waals surface area contributed by atoms with E-state index in [-0.39, 0.29) is 35.4 Å². The number of halogens is 1. The Kier molecular flexibility index (Phi) is 6.26. The van der Waals surface area contributed by atoms with Crippen LogP contribution >= 0.6 is 0 Å². The number of benzene rings is 1. The molecule has 2 rings (SSSR count). The average molecular weight is 372 g/mol. The number of ether oxygens (including phenoxy) is 1. The van der Waals surface area contributed by atoms with Crippen molar-refractivity contribution in [3.63, 3.8) is 0 Å². The predicted molar refractivity (Wildman–Crippen MR) is 94.0 cm³/mol. The lowest BCUT2D eigenvalue weighted by Crippen LogP contribution is -2.47. The van der Waals surface area contributed by atoms with Crippen molar-refractivity contribution in [2.75, 3.05) is 25.2 Å². The number of nitrogens with zero attached hydrogens (tertiary/aromatic N) is 1. The highest BCUT2D eigenvalue weighted by atomic mass is 32.2. The molecule has 0 aromatic heterocycles. The van der Waals surface area contributed by atoms with Crippen LogP contribution in [0.4, 0.5) is 9.18 Å². The van der Waals surface area contributed by atoms with Crippen LogP contribution in [0.2, 0.25) is 0 Å². The zero-order valence-electron chi connectivity index (χ0n) is 14.8. The van der Waals surface area contributed by atoms with Gasteiger partial charge in [0, 0.05) is 13.1 Å². The zero-order valence-corrected chi connectivity index (χ0v) is 15.6. The number of amides is 2. The quantitative estimate of drug-likeness (QED) is 0.862. The largest absolute Gasteiger partial charge is 0.491 e. The van der Waals surface area contributed by atoms with Crippen molar-refractivity contribution in [2.24, 2.45) is 0 Å². The summed E-state index contributed by atoms with van der Waals surface area (Å²) in [7, 11) is -1.31. The molecule has 1 aliphatic rings. The van der Waals surface area contributed by atoms with Gasteiger partial charge in [-0.15, -0.1) is 0 Å². The standard InChI is InChI=1S/C17H25FN2O4S/c1-4-24-16-6-5-13(11-15(16)18)12(2)19-17(21)20(3)14-7-9-25(22,23)10-8-14/h5-6,11-12,14H,4,7-10H2,1-3H3,(H,19,21)/t12-/m1/s1. The molecule has 1 aliphatic heterocycles. The number of carbonyl (C=O) groups excluding carboxylic acids is 1. The summed E-state index contributed by atoms with van der Waals surface area (Å²) in [6.07, 6.45) is 0.886. The molecule has 1 heterocycles. The van der Waals surface area contributed by atoms with Crippen molar-refractivity contribution < 1.29 is 22.3 Å². The number of hydrogen-bond donors (Lipinski definition) is 1. The van der Waals surface area contributed by atoms with Gasteiger partial charge in [-0.3, -0.25) is 0 Å². The first-order valence-electron chi connectivity index (χ1n) is 8.39. The Morgan fingerprint density at radius 1 is 1.40 bits per heavy atom. The van der Waals surface area contributed by atoms with Crippen molar-refractivity contribution >= 4 is 15.9 Å². The van der Waals surface area contributed by atoms with Crippen LogP contribution in [0.15, 0.2) is 18.2 Å². The van der Waals surface area contributed by atoms with Gasteiger partial charge in [0.2, 0.25) is 0 Å². The molecule has 0 unspecified atom stereocenters. The number of nitrogens with one attached hydrogen (secondary N) is 1. The van der Waals surface area contributed by atoms with Crippen LogP contribution in [-0.2, 0) is 9.84 Å². The fourth-order valence-electron chi connectivity index (χ4n) is 2.86. The molecule has 1 atom stereocenters. The third kappa shape index (κ3) is 5.07. The van der Waals surface area contributed by atoms with E-state index in [4.69, 9.17) is 4.74 Å². The molecule has 0 saturated carbocycles. The summed E-state index contributed by atoms with van der Waals surface area (Å²) in [6.45, 7) is 3.93. The molecule has 0 aliphatic carbocycles. The lowest BCUT2D eigenvalue weighted by molar-refractivity contribution is 0.182. The maximum absolute atomic E-state index is 14.0. The van der Waals surface area contributed by atoms with Gasteiger partial charge >= 0.3 is 6.03 Å². The lowest BCUT2D eigenvalue weighted by atomic mass is 10.1. The first-order valence-corrected chi connectivity index (χ1v) is 10.2. The Balaban J connectivity index is 1.96. The minimum absolute atomic E-state index is 0.104. The summed E-state index contributed by atoms with van der Waals surface area (Å²) in [6, 6.07) is 3.83. The van der Waals surface area contributed by atoms with Crippen molar-refractivity contribution in [1.82, 2.24) is 10.2 Å². The lowest BCUT2D eigenvalue weighted by Gasteiger charge is -2.32. The molecular weight excluding hydrogens is 347 g/mol. The second kappa shape index (κ2) is 8.03. The summed E-state index contributed by atoms with van der Waals surface area (Å²) in [5, 5.41) is 2.82. The third-order valence-corrected chi connectivity index (χ3v) is 6.20. The number of sulfone groups is 1. The Morgan fingerprint density at radius 3 is 2.60 bits per heavy atom. The van der Waals surface area contributed by atoms with E-state index in [0.717, 1.165) is 0 Å². The molecule has 0 spiro atoms. The maximum atomic E-state index is 14.0. The minimum atomic E-state index is -2.97. The molecule has 0 bridgehead atoms. The van der Waals surface area contributed by atoms with Gasteiger partial charge in [-0.25, -0.2) is 17.6 Å². The first-order chi connectivity index (χ1) is 11.7. The molecule has 8 heteroatoms. The Labute approximate surface area is 148 Å². The number of hydrogen-bond acceptors (Lipinski definition) is 4. The van der Waals surface area contributed by atoms with Gasteiger partial charge in [0.1, 0.15) is 9.84 Å². The fraction of sp³-hybridized carbons (Fsp3) is 0.588. The van der Waals surface area contributed by atoms with E-state index in [0.29, 0.717) is 25.0 Å². The molecule has 140 valence electrons. The van der Waals surface area contributed by atoms with Crippen molar-refractivity contribution in [3.8, 4) is 5.75 Å². The van der Waals surface area contributed by atoms with E-state index in [2.05, 4.69) is 5.32 Å². The summed E-state index contributed by atoms with van der Waals surface area (Å²) in [4.78, 5) is 13.9. The van der Waals surface area contributed by atoms with Crippen LogP contribution in [0.25, 0.3) is 0 Å². The fourth-order valence-corrected chi connectivity index (χ4v) is 4.33. The van der Waals surface area contributed by atoms with Gasteiger partial charge < -0.3 is 15.0 Å². The van der Waals surface area contributed by atoms with E-state index >= 15 is 0 Å². The van der Waals surface area contributed by atoms with Gasteiger partial charge in [0.15, 0.2) is 11.6 Å². The van der Waals surface area contributed by atoms with E-state index in [9.17, 15) is 17.6 Å². The summed E-state index contributed by atoms with van der Waals surface area (Å²) < 4.78 is 42.1. The summed E-state index contributed by atoms with van der Waals surface area (Å²) in [5.74, 6) is -0.0687. The van der Waals surface area contributed by atoms with Gasteiger partial charge in [0.25, 0.3) is 0 Å². The number of urea groups is 1. The molecule has 1 saturated heterocycles. The molecule has 1 aromatic rings. The number of rotatable bonds is 5. The second-order valence-corrected chi connectivity index (χ2v) is 8.59. The minimum Gasteiger partial charge on any atom is -0.491 e. The second-order valence-electron chi connectivity index (χ2n) is 6.29. The highest BCUT2D eigenvalue weighted by Crippen LogP contribution is 2.23. The monoisotopic (exact) mass is 372 g/mol. The van der Waals surface area contributed by atoms with E-state index in [1.165, 1.54) is 11.0 Å². The molecule has 25 heavy (non-hydrogen) atoms. The normalized spacial score (nSPS) is 18.4. The molecule has 1 aromatic carbocycles. The van der Waals surface area contributed by atoms with Crippen LogP contribution in [0, 0.1) is 5.82 Å². The zero-order chi connectivity index (χ0) is 18.6. The van der Waals surface area contributed by atoms with Crippen molar-refractivity contribution in [3.05, 3.63) is 29.6 Å². The van der Waals surface area contributed by atoms with Crippen LogP contribution in [-0.4, -0.2) is 50.6 Å². The average Bonchev–Trinajstić information content (AvgIpc) is 2.56. The first kappa shape index (κ1) is 19.5. The van der Waals surface area contributed by atoms with Gasteiger partial charge in [-0.05, 0) is 44.4 Å². The molecule has 2 amide bonds. The SMILES string of the molecule is CCOc1ccc([C@@H](C)NC(=O)N(C)C2CCS(=O)(=O)CC2)cc1F. The van der Waals surface area contributed by atoms with Crippen molar-refractivity contribution in [2.45, 2.75) is 38.8 Å². The van der Waals surface area contributed by atoms with Crippen LogP contribution in [0.5, 0.6) is 5.75 Å². The molecule has 1 N–H and O–H groups in total. The maximum Gasteiger partial charge on any atom is 0.317 e. The summed E-state index contributed by atoms with van der Waals surface area (Å²) in [5.41, 5.74) is 0.633. The van der Waals surface area contributed by atoms with Crippen LogP contribution < -0.4 is 10.1 Å². The number of carbonyl (C=O) groups is 1. The molecule has 0 radical (unpaired) electrons. The van der Waals surface area contributed by atoms with Gasteiger partial charge in [-0.1, -0.05) is 6.07 Å². The topological polar surface area (TPSA) is 75.7 Å². The van der Waals surface area contributed by atoms with E-state index in [1.807, 2.05) is 0 Å². The molecule has 6 nitrogen and oxygen atoms in total. The van der Waals surface area contributed by atoms with Gasteiger partial charge in [0.05, 0.1) is 24.2 Å². The third-order valence-electron chi connectivity index (χ3n) is 4.49. The predicted octanol–water partition coefficient (Wildman–Crippen LogP) is 2.50. The van der Waals surface area contributed by atoms with Crippen LogP contribution in [0.1, 0.15) is 38.3 Å². The van der Waals surface area contributed by atoms with E-state index in [1.54, 1.807) is 33.0 Å². The molecule has 1 fully saturated rings. The van der Waals surface area contributed by atoms with E-state index < -0.39 is 15.7 Å². The van der Waals surface area contributed by atoms with Crippen molar-refractivity contribution in [1.29, 1.82) is 0 Å². The Morgan fingerprint density at radius 2 is 2.04 bits per heavy atom. The molecular formula is C17H25FN2O4S. The Bertz CT molecular complexity index is 709. The highest BCUT2D eigenvalue weighted by molar-refractivity contribution is 7.91. The smallest absolute Gasteiger partial charge is 0.317 e. The Hall–Kier alpha value is -1.83.